The first-order valence-corrected chi connectivity index (χ1v) is 12.5. The first-order chi connectivity index (χ1) is 15.4. The fourth-order valence-corrected chi connectivity index (χ4v) is 6.75. The molecule has 2 aliphatic heterocycles. The second-order valence-electron chi connectivity index (χ2n) is 7.24. The molecule has 2 aromatic rings. The maximum Gasteiger partial charge on any atom is 0.352 e. The molecule has 0 aliphatic carbocycles. The Kier molecular flexibility index (Phi) is 6.84. The van der Waals surface area contributed by atoms with Crippen LogP contribution in [0.3, 0.4) is 0 Å². The summed E-state index contributed by atoms with van der Waals surface area (Å²) in [5.74, 6) is -1.02. The molecule has 4 rings (SSSR count). The van der Waals surface area contributed by atoms with Crippen LogP contribution in [0.15, 0.2) is 39.9 Å². The lowest BCUT2D eigenvalue weighted by Crippen LogP contribution is -2.70. The van der Waals surface area contributed by atoms with E-state index in [2.05, 4.69) is 15.5 Å². The second-order valence-corrected chi connectivity index (χ2v) is 10.7. The minimum Gasteiger partial charge on any atom is -0.477 e. The fourth-order valence-electron chi connectivity index (χ4n) is 3.45. The van der Waals surface area contributed by atoms with Crippen molar-refractivity contribution in [3.63, 3.8) is 0 Å². The highest BCUT2D eigenvalue weighted by molar-refractivity contribution is 8.01. The summed E-state index contributed by atoms with van der Waals surface area (Å²) in [6, 6.07) is 6.23. The van der Waals surface area contributed by atoms with Crippen molar-refractivity contribution in [1.29, 1.82) is 0 Å². The molecule has 3 heterocycles. The summed E-state index contributed by atoms with van der Waals surface area (Å²) in [7, 11) is 0. The second kappa shape index (κ2) is 9.61. The highest BCUT2D eigenvalue weighted by Crippen LogP contribution is 2.41. The zero-order chi connectivity index (χ0) is 22.8. The van der Waals surface area contributed by atoms with Crippen LogP contribution in [-0.2, 0) is 27.4 Å². The number of thioether (sulfide) groups is 2. The average Bonchev–Trinajstić information content (AvgIpc) is 3.20. The fraction of sp³-hybridized carbons (Fsp3) is 0.350. The van der Waals surface area contributed by atoms with Gasteiger partial charge < -0.3 is 15.5 Å². The molecule has 2 amide bonds. The number of fused-ring (bicyclic) bond motifs is 1. The van der Waals surface area contributed by atoms with Crippen LogP contribution in [0.5, 0.6) is 0 Å². The molecule has 1 fully saturated rings. The Balaban J connectivity index is 1.40. The Hall–Kier alpha value is -2.41. The van der Waals surface area contributed by atoms with E-state index in [1.54, 1.807) is 24.3 Å². The van der Waals surface area contributed by atoms with Crippen molar-refractivity contribution in [1.82, 2.24) is 20.4 Å². The van der Waals surface area contributed by atoms with Gasteiger partial charge >= 0.3 is 5.97 Å². The number of β-lactam (4-membered cyclic amide) rings is 1. The number of carbonyl (C=O) groups excluding carboxylic acids is 2. The number of benzene rings is 1. The van der Waals surface area contributed by atoms with Crippen LogP contribution < -0.4 is 5.32 Å². The third-order valence-corrected chi connectivity index (χ3v) is 8.41. The van der Waals surface area contributed by atoms with E-state index in [4.69, 9.17) is 5.11 Å². The number of amides is 2. The van der Waals surface area contributed by atoms with Crippen molar-refractivity contribution in [2.45, 2.75) is 35.7 Å². The minimum atomic E-state index is -1.15. The van der Waals surface area contributed by atoms with Crippen LogP contribution in [0.2, 0.25) is 0 Å². The van der Waals surface area contributed by atoms with Gasteiger partial charge in [0.05, 0.1) is 13.0 Å². The number of carbonyl (C=O) groups is 3. The van der Waals surface area contributed by atoms with E-state index in [-0.39, 0.29) is 24.6 Å². The molecule has 32 heavy (non-hydrogen) atoms. The number of aliphatic carboxylic acids is 1. The number of aromatic nitrogens is 2. The van der Waals surface area contributed by atoms with Gasteiger partial charge in [-0.15, -0.1) is 22.0 Å². The van der Waals surface area contributed by atoms with Crippen molar-refractivity contribution in [3.05, 3.63) is 51.7 Å². The van der Waals surface area contributed by atoms with Crippen molar-refractivity contribution >= 4 is 52.6 Å². The van der Waals surface area contributed by atoms with Gasteiger partial charge in [-0.1, -0.05) is 47.4 Å². The molecule has 0 spiro atoms. The Morgan fingerprint density at radius 3 is 2.59 bits per heavy atom. The molecule has 0 radical (unpaired) electrons. The monoisotopic (exact) mass is 492 g/mol. The van der Waals surface area contributed by atoms with E-state index in [9.17, 15) is 19.5 Å². The summed E-state index contributed by atoms with van der Waals surface area (Å²) in [5, 5.41) is 30.0. The molecule has 0 bridgehead atoms. The van der Waals surface area contributed by atoms with Crippen molar-refractivity contribution < 1.29 is 24.6 Å². The molecule has 1 aromatic heterocycles. The Morgan fingerprint density at radius 2 is 1.97 bits per heavy atom. The molecule has 2 aliphatic rings. The zero-order valence-corrected chi connectivity index (χ0v) is 19.4. The summed E-state index contributed by atoms with van der Waals surface area (Å²) in [6.07, 6.45) is 0.0949. The van der Waals surface area contributed by atoms with E-state index in [1.807, 2.05) is 6.92 Å². The van der Waals surface area contributed by atoms with Crippen LogP contribution in [0, 0.1) is 6.92 Å². The predicted octanol–water partition coefficient (Wildman–Crippen LogP) is 1.41. The van der Waals surface area contributed by atoms with Crippen molar-refractivity contribution in [3.8, 4) is 0 Å². The van der Waals surface area contributed by atoms with Crippen LogP contribution >= 0.6 is 34.9 Å². The van der Waals surface area contributed by atoms with Gasteiger partial charge in [-0.05, 0) is 23.6 Å². The summed E-state index contributed by atoms with van der Waals surface area (Å²) in [6.45, 7) is 1.78. The number of nitrogens with zero attached hydrogens (tertiary/aromatic N) is 3. The number of aliphatic hydroxyl groups is 1. The molecule has 168 valence electrons. The number of carboxylic acids is 1. The number of carboxylic acid groups (broad SMARTS) is 1. The number of aliphatic hydroxyl groups excluding tert-OH is 1. The lowest BCUT2D eigenvalue weighted by atomic mass is 10.0. The molecule has 0 saturated carbocycles. The van der Waals surface area contributed by atoms with Gasteiger partial charge in [0.1, 0.15) is 22.1 Å². The van der Waals surface area contributed by atoms with Gasteiger partial charge in [0.2, 0.25) is 5.91 Å². The van der Waals surface area contributed by atoms with Crippen LogP contribution in [-0.4, -0.2) is 66.0 Å². The summed E-state index contributed by atoms with van der Waals surface area (Å²) >= 11 is 4.28. The quantitative estimate of drug-likeness (QED) is 0.369. The SMILES string of the molecule is Cc1nnc(SCC2=C(C(=O)O)N3C(=O)C(NC(=O)Cc4ccc(CO)cc4)[C@@H]3SC2)s1. The summed E-state index contributed by atoms with van der Waals surface area (Å²) < 4.78 is 0.749. The Labute approximate surface area is 196 Å². The maximum absolute atomic E-state index is 12.8. The normalized spacial score (nSPS) is 20.1. The third-order valence-electron chi connectivity index (χ3n) is 5.01. The number of nitrogens with one attached hydrogen (secondary N) is 1. The van der Waals surface area contributed by atoms with Gasteiger partial charge in [0.15, 0.2) is 4.34 Å². The topological polar surface area (TPSA) is 133 Å². The number of hydrogen-bond acceptors (Lipinski definition) is 9. The third kappa shape index (κ3) is 4.68. The number of rotatable bonds is 8. The van der Waals surface area contributed by atoms with Crippen LogP contribution in [0.25, 0.3) is 0 Å². The molecular weight excluding hydrogens is 472 g/mol. The van der Waals surface area contributed by atoms with Crippen LogP contribution in [0.1, 0.15) is 16.1 Å². The maximum atomic E-state index is 12.8. The molecule has 9 nitrogen and oxygen atoms in total. The number of hydrogen-bond donors (Lipinski definition) is 3. The molecule has 3 N–H and O–H groups in total. The first-order valence-electron chi connectivity index (χ1n) is 9.68. The number of aryl methyl sites for hydroxylation is 1. The van der Waals surface area contributed by atoms with Gasteiger partial charge in [0, 0.05) is 11.5 Å². The van der Waals surface area contributed by atoms with Crippen molar-refractivity contribution in [2.24, 2.45) is 0 Å². The molecule has 1 saturated heterocycles. The smallest absolute Gasteiger partial charge is 0.352 e. The summed E-state index contributed by atoms with van der Waals surface area (Å²) in [5.41, 5.74) is 2.16. The lowest BCUT2D eigenvalue weighted by molar-refractivity contribution is -0.150. The standard InChI is InChI=1S/C20H20N4O5S3/c1-10-22-23-20(32-10)31-9-13-8-30-18-15(17(27)24(18)16(13)19(28)29)21-14(26)6-11-2-4-12(7-25)5-3-11/h2-5,15,18,25H,6-9H2,1H3,(H,21,26)(H,28,29)/t15?,18-/m0/s1. The Morgan fingerprint density at radius 1 is 1.25 bits per heavy atom. The molecular formula is C20H20N4O5S3. The average molecular weight is 493 g/mol. The van der Waals surface area contributed by atoms with Gasteiger partial charge in [0.25, 0.3) is 5.91 Å². The highest BCUT2D eigenvalue weighted by Gasteiger charge is 2.54. The molecule has 2 atom stereocenters. The predicted molar refractivity (Wildman–Crippen MR) is 121 cm³/mol. The Bertz CT molecular complexity index is 1090. The van der Waals surface area contributed by atoms with Crippen molar-refractivity contribution in [2.75, 3.05) is 11.5 Å². The van der Waals surface area contributed by atoms with E-state index < -0.39 is 23.3 Å². The minimum absolute atomic E-state index is 0.00224. The van der Waals surface area contributed by atoms with E-state index in [1.165, 1.54) is 39.8 Å². The first kappa shape index (κ1) is 22.8. The highest BCUT2D eigenvalue weighted by atomic mass is 32.2. The largest absolute Gasteiger partial charge is 0.477 e. The zero-order valence-electron chi connectivity index (χ0n) is 17.0. The van der Waals surface area contributed by atoms with Gasteiger partial charge in [-0.2, -0.15) is 0 Å². The lowest BCUT2D eigenvalue weighted by Gasteiger charge is -2.49. The van der Waals surface area contributed by atoms with Gasteiger partial charge in [-0.3, -0.25) is 14.5 Å². The van der Waals surface area contributed by atoms with E-state index in [0.29, 0.717) is 17.1 Å². The van der Waals surface area contributed by atoms with E-state index >= 15 is 0 Å². The molecule has 12 heteroatoms. The molecule has 1 aromatic carbocycles. The van der Waals surface area contributed by atoms with E-state index in [0.717, 1.165) is 20.5 Å². The van der Waals surface area contributed by atoms with Crippen LogP contribution in [0.4, 0.5) is 0 Å². The van der Waals surface area contributed by atoms with Gasteiger partial charge in [-0.25, -0.2) is 4.79 Å². The molecule has 1 unspecified atom stereocenters. The summed E-state index contributed by atoms with van der Waals surface area (Å²) in [4.78, 5) is 38.4.